The monoisotopic (exact) mass is 427 g/mol. The number of nitrogens with zero attached hydrogens (tertiary/aromatic N) is 1. The number of amides is 2. The maximum atomic E-state index is 12.6. The van der Waals surface area contributed by atoms with Gasteiger partial charge in [0.25, 0.3) is 0 Å². The molecule has 30 heavy (non-hydrogen) atoms. The van der Waals surface area contributed by atoms with Gasteiger partial charge in [0.2, 0.25) is 5.91 Å². The average molecular weight is 428 g/mol. The van der Waals surface area contributed by atoms with Gasteiger partial charge in [0.05, 0.1) is 0 Å². The summed E-state index contributed by atoms with van der Waals surface area (Å²) in [5.41, 5.74) is 3.92. The quantitative estimate of drug-likeness (QED) is 0.552. The van der Waals surface area contributed by atoms with E-state index in [0.29, 0.717) is 30.2 Å². The second-order valence-electron chi connectivity index (χ2n) is 9.22. The largest absolute Gasteiger partial charge is 0.443 e. The highest BCUT2D eigenvalue weighted by Gasteiger charge is 2.38. The van der Waals surface area contributed by atoms with Crippen LogP contribution >= 0.6 is 11.6 Å². The van der Waals surface area contributed by atoms with E-state index in [4.69, 9.17) is 16.3 Å². The summed E-state index contributed by atoms with van der Waals surface area (Å²) in [6.45, 7) is 9.75. The molecule has 1 unspecified atom stereocenters. The summed E-state index contributed by atoms with van der Waals surface area (Å²) in [7, 11) is 0. The summed E-state index contributed by atoms with van der Waals surface area (Å²) in [5, 5.41) is 0.708. The SMILES string of the molecule is CC(C)c1cc(-c2cccc(Cl)c2)ccc1CC1CCC(=O)N1C(=O)OC(C)(C)C. The maximum absolute atomic E-state index is 12.6. The van der Waals surface area contributed by atoms with Crippen molar-refractivity contribution >= 4 is 23.6 Å². The van der Waals surface area contributed by atoms with Gasteiger partial charge in [-0.05, 0) is 73.9 Å². The third kappa shape index (κ3) is 5.23. The molecule has 3 rings (SSSR count). The first-order chi connectivity index (χ1) is 14.0. The van der Waals surface area contributed by atoms with Crippen LogP contribution in [-0.4, -0.2) is 28.5 Å². The van der Waals surface area contributed by atoms with Crippen molar-refractivity contribution in [2.45, 2.75) is 71.4 Å². The second kappa shape index (κ2) is 8.81. The minimum atomic E-state index is -0.633. The first-order valence-electron chi connectivity index (χ1n) is 10.5. The van der Waals surface area contributed by atoms with Gasteiger partial charge < -0.3 is 4.74 Å². The van der Waals surface area contributed by atoms with Gasteiger partial charge in [-0.25, -0.2) is 9.69 Å². The summed E-state index contributed by atoms with van der Waals surface area (Å²) in [4.78, 5) is 26.4. The standard InChI is InChI=1S/C25H30ClNO3/c1-16(2)22-15-18(17-7-6-8-20(26)13-17)9-10-19(22)14-21-11-12-23(28)27(21)24(29)30-25(3,4)5/h6-10,13,15-16,21H,11-12,14H2,1-5H3. The lowest BCUT2D eigenvalue weighted by Gasteiger charge is -2.28. The number of hydrogen-bond donors (Lipinski definition) is 0. The molecule has 5 heteroatoms. The molecule has 0 aromatic heterocycles. The van der Waals surface area contributed by atoms with Crippen LogP contribution in [0.4, 0.5) is 4.79 Å². The summed E-state index contributed by atoms with van der Waals surface area (Å²) >= 11 is 6.17. The van der Waals surface area contributed by atoms with E-state index in [1.54, 1.807) is 0 Å². The average Bonchev–Trinajstić information content (AvgIpc) is 3.00. The molecule has 2 amide bonds. The molecule has 1 heterocycles. The number of ether oxygens (including phenoxy) is 1. The molecule has 2 aromatic carbocycles. The van der Waals surface area contributed by atoms with Crippen molar-refractivity contribution in [1.29, 1.82) is 0 Å². The van der Waals surface area contributed by atoms with E-state index in [-0.39, 0.29) is 11.9 Å². The van der Waals surface area contributed by atoms with Gasteiger partial charge in [0.1, 0.15) is 5.60 Å². The van der Waals surface area contributed by atoms with Crippen LogP contribution in [-0.2, 0) is 16.0 Å². The van der Waals surface area contributed by atoms with Crippen molar-refractivity contribution in [2.75, 3.05) is 0 Å². The van der Waals surface area contributed by atoms with Crippen molar-refractivity contribution in [3.8, 4) is 11.1 Å². The minimum absolute atomic E-state index is 0.157. The predicted octanol–water partition coefficient (Wildman–Crippen LogP) is 6.60. The Bertz CT molecular complexity index is 946. The van der Waals surface area contributed by atoms with Crippen LogP contribution < -0.4 is 0 Å². The Kier molecular flexibility index (Phi) is 6.56. The molecule has 2 aromatic rings. The van der Waals surface area contributed by atoms with Crippen molar-refractivity contribution < 1.29 is 14.3 Å². The highest BCUT2D eigenvalue weighted by atomic mass is 35.5. The third-order valence-corrected chi connectivity index (χ3v) is 5.53. The molecule has 0 spiro atoms. The zero-order valence-electron chi connectivity index (χ0n) is 18.4. The topological polar surface area (TPSA) is 46.6 Å². The van der Waals surface area contributed by atoms with Crippen LogP contribution in [0.1, 0.15) is 64.5 Å². The lowest BCUT2D eigenvalue weighted by Crippen LogP contribution is -2.43. The Morgan fingerprint density at radius 3 is 2.50 bits per heavy atom. The summed E-state index contributed by atoms with van der Waals surface area (Å²) in [6, 6.07) is 14.0. The van der Waals surface area contributed by atoms with E-state index in [2.05, 4.69) is 32.0 Å². The molecule has 1 atom stereocenters. The smallest absolute Gasteiger partial charge is 0.417 e. The molecule has 1 aliphatic heterocycles. The molecule has 1 aliphatic rings. The zero-order valence-corrected chi connectivity index (χ0v) is 19.1. The molecular formula is C25H30ClNO3. The Balaban J connectivity index is 1.88. The number of halogens is 1. The minimum Gasteiger partial charge on any atom is -0.443 e. The van der Waals surface area contributed by atoms with Gasteiger partial charge in [-0.3, -0.25) is 4.79 Å². The maximum Gasteiger partial charge on any atom is 0.417 e. The Labute approximate surface area is 184 Å². The molecule has 4 nitrogen and oxygen atoms in total. The van der Waals surface area contributed by atoms with Gasteiger partial charge in [0, 0.05) is 17.5 Å². The molecule has 0 N–H and O–H groups in total. The van der Waals surface area contributed by atoms with Gasteiger partial charge in [0.15, 0.2) is 0 Å². The number of carbonyl (C=O) groups is 2. The number of carbonyl (C=O) groups excluding carboxylic acids is 2. The third-order valence-electron chi connectivity index (χ3n) is 5.30. The molecule has 0 radical (unpaired) electrons. The number of hydrogen-bond acceptors (Lipinski definition) is 3. The molecule has 0 saturated carbocycles. The van der Waals surface area contributed by atoms with Crippen LogP contribution in [0.2, 0.25) is 5.02 Å². The molecule has 0 aliphatic carbocycles. The molecule has 0 bridgehead atoms. The Hall–Kier alpha value is -2.33. The van der Waals surface area contributed by atoms with E-state index in [0.717, 1.165) is 16.7 Å². The van der Waals surface area contributed by atoms with E-state index in [1.807, 2.05) is 45.0 Å². The first-order valence-corrected chi connectivity index (χ1v) is 10.9. The number of likely N-dealkylation sites (tertiary alicyclic amines) is 1. The predicted molar refractivity (Wildman–Crippen MR) is 121 cm³/mol. The molecular weight excluding hydrogens is 398 g/mol. The fourth-order valence-corrected chi connectivity index (χ4v) is 4.11. The van der Waals surface area contributed by atoms with Gasteiger partial charge >= 0.3 is 6.09 Å². The van der Waals surface area contributed by atoms with E-state index in [1.165, 1.54) is 10.5 Å². The van der Waals surface area contributed by atoms with E-state index < -0.39 is 11.7 Å². The van der Waals surface area contributed by atoms with Crippen LogP contribution in [0.25, 0.3) is 11.1 Å². The molecule has 1 fully saturated rings. The fourth-order valence-electron chi connectivity index (χ4n) is 3.92. The van der Waals surface area contributed by atoms with Crippen molar-refractivity contribution in [3.63, 3.8) is 0 Å². The summed E-state index contributed by atoms with van der Waals surface area (Å²) in [5.74, 6) is 0.155. The van der Waals surface area contributed by atoms with Gasteiger partial charge in [-0.1, -0.05) is 55.8 Å². The van der Waals surface area contributed by atoms with Crippen LogP contribution in [0.5, 0.6) is 0 Å². The Morgan fingerprint density at radius 2 is 1.87 bits per heavy atom. The highest BCUT2D eigenvalue weighted by molar-refractivity contribution is 6.30. The first kappa shape index (κ1) is 22.4. The van der Waals surface area contributed by atoms with Crippen molar-refractivity contribution in [1.82, 2.24) is 4.90 Å². The number of imide groups is 1. The lowest BCUT2D eigenvalue weighted by atomic mass is 9.89. The lowest BCUT2D eigenvalue weighted by molar-refractivity contribution is -0.128. The second-order valence-corrected chi connectivity index (χ2v) is 9.66. The van der Waals surface area contributed by atoms with E-state index in [9.17, 15) is 9.59 Å². The van der Waals surface area contributed by atoms with Crippen molar-refractivity contribution in [2.24, 2.45) is 0 Å². The van der Waals surface area contributed by atoms with Crippen LogP contribution in [0, 0.1) is 0 Å². The van der Waals surface area contributed by atoms with Gasteiger partial charge in [-0.2, -0.15) is 0 Å². The number of benzene rings is 2. The zero-order chi connectivity index (χ0) is 22.1. The van der Waals surface area contributed by atoms with Crippen LogP contribution in [0.15, 0.2) is 42.5 Å². The summed E-state index contributed by atoms with van der Waals surface area (Å²) < 4.78 is 5.48. The highest BCUT2D eigenvalue weighted by Crippen LogP contribution is 2.32. The normalized spacial score (nSPS) is 17.0. The van der Waals surface area contributed by atoms with Crippen molar-refractivity contribution in [3.05, 3.63) is 58.6 Å². The number of rotatable bonds is 4. The van der Waals surface area contributed by atoms with Crippen LogP contribution in [0.3, 0.4) is 0 Å². The summed E-state index contributed by atoms with van der Waals surface area (Å²) in [6.07, 6.45) is 1.12. The molecule has 160 valence electrons. The fraction of sp³-hybridized carbons (Fsp3) is 0.440. The van der Waals surface area contributed by atoms with E-state index >= 15 is 0 Å². The Morgan fingerprint density at radius 1 is 1.17 bits per heavy atom. The van der Waals surface area contributed by atoms with Gasteiger partial charge in [-0.15, -0.1) is 0 Å². The molecule has 1 saturated heterocycles.